The molecule has 1 aliphatic heterocycles. The molecule has 1 aliphatic rings. The standard InChI is InChI=1S/C17H18N2O/c18-17(20)15-9-7-13(8-10-15)12-19-11-3-5-14-4-1-2-6-16(14)19/h1-2,4,6-10H,3,5,11-12H2,(H2,18,20). The van der Waals surface area contributed by atoms with Gasteiger partial charge in [0, 0.05) is 24.3 Å². The predicted octanol–water partition coefficient (Wildman–Crippen LogP) is 2.74. The smallest absolute Gasteiger partial charge is 0.248 e. The van der Waals surface area contributed by atoms with Gasteiger partial charge in [-0.2, -0.15) is 0 Å². The van der Waals surface area contributed by atoms with E-state index in [0.29, 0.717) is 5.56 Å². The number of nitrogens with two attached hydrogens (primary N) is 1. The summed E-state index contributed by atoms with van der Waals surface area (Å²) in [6, 6.07) is 16.1. The molecule has 3 heteroatoms. The van der Waals surface area contributed by atoms with Crippen LogP contribution in [-0.2, 0) is 13.0 Å². The van der Waals surface area contributed by atoms with E-state index in [-0.39, 0.29) is 5.91 Å². The van der Waals surface area contributed by atoms with Crippen LogP contribution in [-0.4, -0.2) is 12.5 Å². The molecule has 0 radical (unpaired) electrons. The number of para-hydroxylation sites is 1. The van der Waals surface area contributed by atoms with Crippen molar-refractivity contribution in [2.75, 3.05) is 11.4 Å². The molecule has 2 aromatic carbocycles. The van der Waals surface area contributed by atoms with Gasteiger partial charge in [0.05, 0.1) is 0 Å². The summed E-state index contributed by atoms with van der Waals surface area (Å²) < 4.78 is 0. The zero-order chi connectivity index (χ0) is 13.9. The van der Waals surface area contributed by atoms with Crippen molar-refractivity contribution in [1.29, 1.82) is 0 Å². The largest absolute Gasteiger partial charge is 0.367 e. The number of hydrogen-bond donors (Lipinski definition) is 1. The van der Waals surface area contributed by atoms with Gasteiger partial charge in [-0.3, -0.25) is 4.79 Å². The molecule has 0 aliphatic carbocycles. The molecule has 0 saturated carbocycles. The third kappa shape index (κ3) is 2.52. The summed E-state index contributed by atoms with van der Waals surface area (Å²) in [5.41, 5.74) is 9.78. The van der Waals surface area contributed by atoms with E-state index in [4.69, 9.17) is 5.73 Å². The molecule has 2 aromatic rings. The van der Waals surface area contributed by atoms with E-state index in [1.165, 1.54) is 23.2 Å². The normalized spacial score (nSPS) is 13.9. The molecule has 2 N–H and O–H groups in total. The number of nitrogens with zero attached hydrogens (tertiary/aromatic N) is 1. The maximum atomic E-state index is 11.1. The second kappa shape index (κ2) is 5.37. The van der Waals surface area contributed by atoms with Crippen molar-refractivity contribution in [3.63, 3.8) is 0 Å². The highest BCUT2D eigenvalue weighted by atomic mass is 16.1. The van der Waals surface area contributed by atoms with Crippen molar-refractivity contribution in [2.45, 2.75) is 19.4 Å². The van der Waals surface area contributed by atoms with Crippen LogP contribution >= 0.6 is 0 Å². The van der Waals surface area contributed by atoms with Crippen molar-refractivity contribution in [3.8, 4) is 0 Å². The first kappa shape index (κ1) is 12.7. The average molecular weight is 266 g/mol. The Bertz CT molecular complexity index is 619. The molecular formula is C17H18N2O. The quantitative estimate of drug-likeness (QED) is 0.928. The SMILES string of the molecule is NC(=O)c1ccc(CN2CCCc3ccccc32)cc1. The van der Waals surface area contributed by atoms with Gasteiger partial charge in [-0.1, -0.05) is 30.3 Å². The van der Waals surface area contributed by atoms with E-state index in [1.54, 1.807) is 12.1 Å². The lowest BCUT2D eigenvalue weighted by molar-refractivity contribution is 0.100. The van der Waals surface area contributed by atoms with Crippen molar-refractivity contribution in [1.82, 2.24) is 0 Å². The van der Waals surface area contributed by atoms with Gasteiger partial charge in [-0.15, -0.1) is 0 Å². The van der Waals surface area contributed by atoms with Crippen LogP contribution in [0.5, 0.6) is 0 Å². The molecule has 0 atom stereocenters. The number of rotatable bonds is 3. The molecule has 20 heavy (non-hydrogen) atoms. The predicted molar refractivity (Wildman–Crippen MR) is 80.8 cm³/mol. The Morgan fingerprint density at radius 2 is 1.85 bits per heavy atom. The molecule has 1 heterocycles. The van der Waals surface area contributed by atoms with Crippen molar-refractivity contribution < 1.29 is 4.79 Å². The van der Waals surface area contributed by atoms with Gasteiger partial charge < -0.3 is 10.6 Å². The van der Waals surface area contributed by atoms with Crippen LogP contribution in [0.15, 0.2) is 48.5 Å². The Kier molecular flexibility index (Phi) is 3.42. The maximum Gasteiger partial charge on any atom is 0.248 e. The van der Waals surface area contributed by atoms with E-state index < -0.39 is 0 Å². The molecule has 1 amide bonds. The maximum absolute atomic E-state index is 11.1. The van der Waals surface area contributed by atoms with Crippen LogP contribution in [0, 0.1) is 0 Å². The molecule has 0 bridgehead atoms. The fourth-order valence-electron chi connectivity index (χ4n) is 2.77. The third-order valence-corrected chi connectivity index (χ3v) is 3.82. The van der Waals surface area contributed by atoms with Gasteiger partial charge >= 0.3 is 0 Å². The lowest BCUT2D eigenvalue weighted by atomic mass is 10.0. The summed E-state index contributed by atoms with van der Waals surface area (Å²) in [7, 11) is 0. The van der Waals surface area contributed by atoms with E-state index in [2.05, 4.69) is 29.2 Å². The number of carbonyl (C=O) groups is 1. The van der Waals surface area contributed by atoms with E-state index in [9.17, 15) is 4.79 Å². The summed E-state index contributed by atoms with van der Waals surface area (Å²) >= 11 is 0. The van der Waals surface area contributed by atoms with Gasteiger partial charge in [0.25, 0.3) is 0 Å². The second-order valence-electron chi connectivity index (χ2n) is 5.21. The molecule has 3 rings (SSSR count). The number of carbonyl (C=O) groups excluding carboxylic acids is 1. The van der Waals surface area contributed by atoms with Crippen LogP contribution in [0.4, 0.5) is 5.69 Å². The molecule has 0 aromatic heterocycles. The van der Waals surface area contributed by atoms with Crippen LogP contribution < -0.4 is 10.6 Å². The minimum absolute atomic E-state index is 0.375. The van der Waals surface area contributed by atoms with Crippen LogP contribution in [0.25, 0.3) is 0 Å². The van der Waals surface area contributed by atoms with Crippen LogP contribution in [0.1, 0.15) is 27.9 Å². The number of fused-ring (bicyclic) bond motifs is 1. The molecular weight excluding hydrogens is 248 g/mol. The number of aryl methyl sites for hydroxylation is 1. The van der Waals surface area contributed by atoms with E-state index in [1.807, 2.05) is 12.1 Å². The molecule has 102 valence electrons. The number of hydrogen-bond acceptors (Lipinski definition) is 2. The molecule has 0 fully saturated rings. The van der Waals surface area contributed by atoms with Gasteiger partial charge in [0.2, 0.25) is 5.91 Å². The highest BCUT2D eigenvalue weighted by Gasteiger charge is 2.16. The van der Waals surface area contributed by atoms with E-state index >= 15 is 0 Å². The number of primary amides is 1. The highest BCUT2D eigenvalue weighted by molar-refractivity contribution is 5.92. The number of anilines is 1. The summed E-state index contributed by atoms with van der Waals surface area (Å²) in [6.07, 6.45) is 2.35. The van der Waals surface area contributed by atoms with Crippen molar-refractivity contribution in [2.24, 2.45) is 5.73 Å². The van der Waals surface area contributed by atoms with E-state index in [0.717, 1.165) is 19.5 Å². The Morgan fingerprint density at radius 1 is 1.10 bits per heavy atom. The first-order chi connectivity index (χ1) is 9.74. The second-order valence-corrected chi connectivity index (χ2v) is 5.21. The summed E-state index contributed by atoms with van der Waals surface area (Å²) in [4.78, 5) is 13.5. The molecule has 0 unspecified atom stereocenters. The fraction of sp³-hybridized carbons (Fsp3) is 0.235. The topological polar surface area (TPSA) is 46.3 Å². The lowest BCUT2D eigenvalue weighted by Crippen LogP contribution is -2.28. The number of amides is 1. The zero-order valence-electron chi connectivity index (χ0n) is 11.4. The van der Waals surface area contributed by atoms with Gasteiger partial charge in [-0.05, 0) is 42.2 Å². The minimum Gasteiger partial charge on any atom is -0.367 e. The highest BCUT2D eigenvalue weighted by Crippen LogP contribution is 2.27. The summed E-state index contributed by atoms with van der Waals surface area (Å²) in [5.74, 6) is -0.375. The Balaban J connectivity index is 1.80. The molecule has 3 nitrogen and oxygen atoms in total. The first-order valence-electron chi connectivity index (χ1n) is 6.95. The summed E-state index contributed by atoms with van der Waals surface area (Å²) in [6.45, 7) is 1.95. The van der Waals surface area contributed by atoms with Gasteiger partial charge in [0.15, 0.2) is 0 Å². The molecule has 0 saturated heterocycles. The van der Waals surface area contributed by atoms with Gasteiger partial charge in [0.1, 0.15) is 0 Å². The van der Waals surface area contributed by atoms with Gasteiger partial charge in [-0.25, -0.2) is 0 Å². The first-order valence-corrected chi connectivity index (χ1v) is 6.95. The fourth-order valence-corrected chi connectivity index (χ4v) is 2.77. The van der Waals surface area contributed by atoms with Crippen molar-refractivity contribution >= 4 is 11.6 Å². The van der Waals surface area contributed by atoms with Crippen LogP contribution in [0.3, 0.4) is 0 Å². The Morgan fingerprint density at radius 3 is 2.60 bits per heavy atom. The lowest BCUT2D eigenvalue weighted by Gasteiger charge is -2.31. The zero-order valence-corrected chi connectivity index (χ0v) is 11.4. The average Bonchev–Trinajstić information content (AvgIpc) is 2.48. The Hall–Kier alpha value is -2.29. The Labute approximate surface area is 119 Å². The minimum atomic E-state index is -0.375. The van der Waals surface area contributed by atoms with Crippen molar-refractivity contribution in [3.05, 3.63) is 65.2 Å². The monoisotopic (exact) mass is 266 g/mol. The van der Waals surface area contributed by atoms with Crippen LogP contribution in [0.2, 0.25) is 0 Å². The third-order valence-electron chi connectivity index (χ3n) is 3.82. The number of benzene rings is 2. The summed E-state index contributed by atoms with van der Waals surface area (Å²) in [5, 5.41) is 0. The molecule has 0 spiro atoms.